The molecule has 3 rings (SSSR count). The van der Waals surface area contributed by atoms with Crippen LogP contribution >= 0.6 is 0 Å². The molecule has 1 unspecified atom stereocenters. The first-order valence-corrected chi connectivity index (χ1v) is 11.4. The van der Waals surface area contributed by atoms with Crippen LogP contribution in [0.2, 0.25) is 0 Å². The van der Waals surface area contributed by atoms with E-state index >= 15 is 0 Å². The Morgan fingerprint density at radius 1 is 0.969 bits per heavy atom. The van der Waals surface area contributed by atoms with Crippen LogP contribution in [0, 0.1) is 5.82 Å². The van der Waals surface area contributed by atoms with E-state index in [0.29, 0.717) is 19.5 Å². The van der Waals surface area contributed by atoms with Crippen molar-refractivity contribution in [1.82, 2.24) is 20.4 Å². The molecular weight excluding hydrogens is 407 g/mol. The van der Waals surface area contributed by atoms with Gasteiger partial charge in [0, 0.05) is 39.3 Å². The molecule has 172 valence electrons. The van der Waals surface area contributed by atoms with Gasteiger partial charge in [0.15, 0.2) is 0 Å². The Bertz CT molecular complexity index is 860. The zero-order chi connectivity index (χ0) is 22.8. The molecule has 6 nitrogen and oxygen atoms in total. The summed E-state index contributed by atoms with van der Waals surface area (Å²) < 4.78 is 13.0. The lowest BCUT2D eigenvalue weighted by molar-refractivity contribution is -0.133. The number of carbonyl (C=O) groups is 2. The minimum Gasteiger partial charge on any atom is -0.340 e. The maximum absolute atomic E-state index is 13.2. The third kappa shape index (κ3) is 7.34. The normalized spacial score (nSPS) is 15.6. The Morgan fingerprint density at radius 2 is 1.72 bits per heavy atom. The van der Waals surface area contributed by atoms with Crippen LogP contribution in [0.5, 0.6) is 0 Å². The molecule has 0 aliphatic carbocycles. The van der Waals surface area contributed by atoms with Gasteiger partial charge in [-0.15, -0.1) is 0 Å². The quantitative estimate of drug-likeness (QED) is 0.660. The molecule has 0 bridgehead atoms. The molecule has 32 heavy (non-hydrogen) atoms. The van der Waals surface area contributed by atoms with Crippen LogP contribution in [-0.2, 0) is 17.9 Å². The van der Waals surface area contributed by atoms with Gasteiger partial charge in [-0.1, -0.05) is 55.8 Å². The van der Waals surface area contributed by atoms with Crippen molar-refractivity contribution < 1.29 is 14.0 Å². The van der Waals surface area contributed by atoms with Crippen LogP contribution in [-0.4, -0.2) is 54.0 Å². The first-order chi connectivity index (χ1) is 15.5. The molecule has 1 aliphatic rings. The molecule has 0 radical (unpaired) electrons. The second-order valence-corrected chi connectivity index (χ2v) is 8.24. The number of benzene rings is 2. The Morgan fingerprint density at radius 3 is 2.44 bits per heavy atom. The van der Waals surface area contributed by atoms with Gasteiger partial charge in [0.25, 0.3) is 0 Å². The monoisotopic (exact) mass is 440 g/mol. The third-order valence-electron chi connectivity index (χ3n) is 5.70. The van der Waals surface area contributed by atoms with Crippen LogP contribution in [0.1, 0.15) is 37.3 Å². The second kappa shape index (κ2) is 12.2. The van der Waals surface area contributed by atoms with E-state index in [4.69, 9.17) is 0 Å². The van der Waals surface area contributed by atoms with Crippen LogP contribution in [0.15, 0.2) is 54.6 Å². The molecule has 1 aliphatic heterocycles. The molecular formula is C25H33FN4O2. The topological polar surface area (TPSA) is 64.7 Å². The fourth-order valence-corrected chi connectivity index (χ4v) is 3.95. The molecule has 0 aromatic heterocycles. The fourth-order valence-electron chi connectivity index (χ4n) is 3.95. The van der Waals surface area contributed by atoms with E-state index in [1.165, 1.54) is 17.7 Å². The Labute approximate surface area is 189 Å². The van der Waals surface area contributed by atoms with Gasteiger partial charge in [-0.25, -0.2) is 9.18 Å². The number of urea groups is 1. The maximum atomic E-state index is 13.2. The van der Waals surface area contributed by atoms with Crippen LogP contribution in [0.25, 0.3) is 0 Å². The van der Waals surface area contributed by atoms with Gasteiger partial charge >= 0.3 is 6.03 Å². The van der Waals surface area contributed by atoms with Crippen molar-refractivity contribution in [2.24, 2.45) is 0 Å². The molecule has 3 amide bonds. The fraction of sp³-hybridized carbons (Fsp3) is 0.440. The van der Waals surface area contributed by atoms with E-state index in [0.717, 1.165) is 38.0 Å². The highest BCUT2D eigenvalue weighted by molar-refractivity contribution is 5.87. The number of amides is 3. The van der Waals surface area contributed by atoms with Crippen molar-refractivity contribution in [2.45, 2.75) is 45.3 Å². The number of hydrogen-bond donors (Lipinski definition) is 2. The molecule has 2 aromatic carbocycles. The van der Waals surface area contributed by atoms with Gasteiger partial charge in [0.2, 0.25) is 5.91 Å². The van der Waals surface area contributed by atoms with E-state index in [-0.39, 0.29) is 24.3 Å². The molecule has 2 N–H and O–H groups in total. The van der Waals surface area contributed by atoms with Crippen LogP contribution in [0.4, 0.5) is 9.18 Å². The van der Waals surface area contributed by atoms with Crippen molar-refractivity contribution in [3.8, 4) is 0 Å². The summed E-state index contributed by atoms with van der Waals surface area (Å²) in [6, 6.07) is 15.4. The maximum Gasteiger partial charge on any atom is 0.315 e. The summed E-state index contributed by atoms with van der Waals surface area (Å²) in [5.74, 6) is -0.336. The number of hydrogen-bond acceptors (Lipinski definition) is 3. The minimum atomic E-state index is -0.547. The van der Waals surface area contributed by atoms with E-state index in [1.807, 2.05) is 30.0 Å². The Hall–Kier alpha value is -2.93. The first-order valence-electron chi connectivity index (χ1n) is 11.4. The van der Waals surface area contributed by atoms with E-state index < -0.39 is 6.04 Å². The zero-order valence-corrected chi connectivity index (χ0v) is 18.7. The van der Waals surface area contributed by atoms with Crippen molar-refractivity contribution in [3.63, 3.8) is 0 Å². The summed E-state index contributed by atoms with van der Waals surface area (Å²) in [5.41, 5.74) is 2.07. The van der Waals surface area contributed by atoms with Crippen molar-refractivity contribution in [1.29, 1.82) is 0 Å². The lowest BCUT2D eigenvalue weighted by atomic mass is 10.1. The zero-order valence-electron chi connectivity index (χ0n) is 18.7. The molecule has 1 heterocycles. The molecule has 1 atom stereocenters. The molecule has 1 saturated heterocycles. The smallest absolute Gasteiger partial charge is 0.315 e. The number of carbonyl (C=O) groups excluding carboxylic acids is 2. The summed E-state index contributed by atoms with van der Waals surface area (Å²) in [4.78, 5) is 29.8. The first kappa shape index (κ1) is 23.7. The number of nitrogens with one attached hydrogen (secondary N) is 2. The Balaban J connectivity index is 1.50. The van der Waals surface area contributed by atoms with E-state index in [2.05, 4.69) is 27.7 Å². The predicted molar refractivity (Wildman–Crippen MR) is 123 cm³/mol. The van der Waals surface area contributed by atoms with Crippen LogP contribution in [0.3, 0.4) is 0 Å². The number of halogens is 1. The average molecular weight is 441 g/mol. The molecule has 1 fully saturated rings. The molecule has 0 spiro atoms. The standard InChI is InChI=1S/C25H33FN4O2/c1-2-7-23(28-25(32)27-18-20-10-12-22(26)13-11-20)24(31)30-15-6-14-29(16-17-30)19-21-8-4-3-5-9-21/h3-5,8-13,23H,2,6-7,14-19H2,1H3,(H2,27,28,32). The van der Waals surface area contributed by atoms with Gasteiger partial charge in [0.05, 0.1) is 0 Å². The lowest BCUT2D eigenvalue weighted by Gasteiger charge is -2.27. The highest BCUT2D eigenvalue weighted by Crippen LogP contribution is 2.11. The van der Waals surface area contributed by atoms with Gasteiger partial charge in [-0.3, -0.25) is 9.69 Å². The van der Waals surface area contributed by atoms with Gasteiger partial charge in [-0.2, -0.15) is 0 Å². The average Bonchev–Trinajstić information content (AvgIpc) is 3.04. The lowest BCUT2D eigenvalue weighted by Crippen LogP contribution is -2.51. The SMILES string of the molecule is CCCC(NC(=O)NCc1ccc(F)cc1)C(=O)N1CCCN(Cc2ccccc2)CC1. The predicted octanol–water partition coefficient (Wildman–Crippen LogP) is 3.53. The molecule has 0 saturated carbocycles. The number of rotatable bonds is 8. The second-order valence-electron chi connectivity index (χ2n) is 8.24. The minimum absolute atomic E-state index is 0.0228. The summed E-state index contributed by atoms with van der Waals surface area (Å²) in [5, 5.41) is 5.60. The summed E-state index contributed by atoms with van der Waals surface area (Å²) in [6.45, 7) is 6.28. The Kier molecular flexibility index (Phi) is 9.04. The van der Waals surface area contributed by atoms with Gasteiger partial charge < -0.3 is 15.5 Å². The van der Waals surface area contributed by atoms with E-state index in [9.17, 15) is 14.0 Å². The summed E-state index contributed by atoms with van der Waals surface area (Å²) in [6.07, 6.45) is 2.30. The molecule has 7 heteroatoms. The van der Waals surface area contributed by atoms with Crippen molar-refractivity contribution >= 4 is 11.9 Å². The highest BCUT2D eigenvalue weighted by atomic mass is 19.1. The van der Waals surface area contributed by atoms with E-state index in [1.54, 1.807) is 12.1 Å². The van der Waals surface area contributed by atoms with Gasteiger partial charge in [0.1, 0.15) is 11.9 Å². The molecule has 2 aromatic rings. The largest absolute Gasteiger partial charge is 0.340 e. The number of nitrogens with zero attached hydrogens (tertiary/aromatic N) is 2. The third-order valence-corrected chi connectivity index (χ3v) is 5.70. The van der Waals surface area contributed by atoms with Gasteiger partial charge in [-0.05, 0) is 36.1 Å². The highest BCUT2D eigenvalue weighted by Gasteiger charge is 2.27. The van der Waals surface area contributed by atoms with Crippen LogP contribution < -0.4 is 10.6 Å². The summed E-state index contributed by atoms with van der Waals surface area (Å²) >= 11 is 0. The van der Waals surface area contributed by atoms with Crippen molar-refractivity contribution in [3.05, 3.63) is 71.5 Å². The summed E-state index contributed by atoms with van der Waals surface area (Å²) in [7, 11) is 0. The van der Waals surface area contributed by atoms with Crippen molar-refractivity contribution in [2.75, 3.05) is 26.2 Å².